The van der Waals surface area contributed by atoms with Crippen molar-refractivity contribution < 1.29 is 13.2 Å². The van der Waals surface area contributed by atoms with E-state index in [-0.39, 0.29) is 6.04 Å². The maximum atomic E-state index is 12.8. The molecule has 0 radical (unpaired) electrons. The fourth-order valence-corrected chi connectivity index (χ4v) is 2.32. The number of halogens is 3. The van der Waals surface area contributed by atoms with Gasteiger partial charge in [-0.15, -0.1) is 0 Å². The Bertz CT molecular complexity index is 711. The summed E-state index contributed by atoms with van der Waals surface area (Å²) in [5.74, 6) is 6.18. The zero-order valence-electron chi connectivity index (χ0n) is 13.8. The number of hydrogen-bond donors (Lipinski definition) is 0. The van der Waals surface area contributed by atoms with E-state index in [9.17, 15) is 13.2 Å². The van der Waals surface area contributed by atoms with E-state index < -0.39 is 11.7 Å². The summed E-state index contributed by atoms with van der Waals surface area (Å²) in [4.78, 5) is 2.04. The van der Waals surface area contributed by atoms with Crippen molar-refractivity contribution in [1.29, 1.82) is 0 Å². The zero-order chi connectivity index (χ0) is 17.6. The van der Waals surface area contributed by atoms with Crippen molar-refractivity contribution in [3.8, 4) is 11.8 Å². The molecule has 0 aliphatic carbocycles. The van der Waals surface area contributed by atoms with Gasteiger partial charge in [-0.3, -0.25) is 4.90 Å². The molecule has 1 nitrogen and oxygen atoms in total. The predicted octanol–water partition coefficient (Wildman–Crippen LogP) is 4.62. The molecule has 1 atom stereocenters. The number of hydrogen-bond acceptors (Lipinski definition) is 1. The molecule has 0 saturated carbocycles. The average molecular weight is 331 g/mol. The van der Waals surface area contributed by atoms with Crippen molar-refractivity contribution in [2.24, 2.45) is 0 Å². The normalized spacial score (nSPS) is 12.6. The molecule has 0 bridgehead atoms. The van der Waals surface area contributed by atoms with Crippen LogP contribution >= 0.6 is 0 Å². The van der Waals surface area contributed by atoms with Crippen LogP contribution in [-0.4, -0.2) is 24.5 Å². The van der Waals surface area contributed by atoms with Crippen LogP contribution in [0.4, 0.5) is 13.2 Å². The van der Waals surface area contributed by atoms with E-state index in [0.717, 1.165) is 11.6 Å². The van der Waals surface area contributed by atoms with Gasteiger partial charge >= 0.3 is 6.18 Å². The molecule has 24 heavy (non-hydrogen) atoms. The van der Waals surface area contributed by atoms with Crippen molar-refractivity contribution in [3.05, 3.63) is 71.3 Å². The van der Waals surface area contributed by atoms with Crippen LogP contribution in [0.3, 0.4) is 0 Å². The van der Waals surface area contributed by atoms with E-state index in [1.54, 1.807) is 6.07 Å². The first-order chi connectivity index (χ1) is 11.4. The summed E-state index contributed by atoms with van der Waals surface area (Å²) < 4.78 is 38.3. The first-order valence-corrected chi connectivity index (χ1v) is 7.76. The van der Waals surface area contributed by atoms with E-state index in [1.807, 2.05) is 49.2 Å². The second-order valence-corrected chi connectivity index (χ2v) is 5.83. The fraction of sp³-hybridized carbons (Fsp3) is 0.300. The van der Waals surface area contributed by atoms with Crippen LogP contribution in [0.25, 0.3) is 0 Å². The Morgan fingerprint density at radius 1 is 1.04 bits per heavy atom. The lowest BCUT2D eigenvalue weighted by Crippen LogP contribution is -2.31. The van der Waals surface area contributed by atoms with Crippen LogP contribution in [0.15, 0.2) is 54.6 Å². The quantitative estimate of drug-likeness (QED) is 0.739. The summed E-state index contributed by atoms with van der Waals surface area (Å²) in [5, 5.41) is 0. The minimum atomic E-state index is -4.30. The second-order valence-electron chi connectivity index (χ2n) is 5.83. The van der Waals surface area contributed by atoms with Gasteiger partial charge in [0.25, 0.3) is 0 Å². The molecule has 0 heterocycles. The first-order valence-electron chi connectivity index (χ1n) is 7.76. The van der Waals surface area contributed by atoms with Crippen LogP contribution in [0.1, 0.15) is 23.6 Å². The minimum absolute atomic E-state index is 0.0959. The van der Waals surface area contributed by atoms with Crippen LogP contribution in [0.2, 0.25) is 0 Å². The number of alkyl halides is 3. The van der Waals surface area contributed by atoms with Gasteiger partial charge in [0.2, 0.25) is 0 Å². The van der Waals surface area contributed by atoms with Gasteiger partial charge in [0.05, 0.1) is 12.1 Å². The lowest BCUT2D eigenvalue weighted by molar-refractivity contribution is -0.137. The van der Waals surface area contributed by atoms with Gasteiger partial charge in [0.15, 0.2) is 0 Å². The van der Waals surface area contributed by atoms with Crippen LogP contribution < -0.4 is 0 Å². The Kier molecular flexibility index (Phi) is 6.05. The van der Waals surface area contributed by atoms with E-state index in [0.29, 0.717) is 18.5 Å². The molecule has 0 N–H and O–H groups in total. The molecule has 126 valence electrons. The van der Waals surface area contributed by atoms with Crippen molar-refractivity contribution in [2.75, 3.05) is 13.6 Å². The molecule has 0 fully saturated rings. The zero-order valence-corrected chi connectivity index (χ0v) is 13.8. The van der Waals surface area contributed by atoms with Crippen molar-refractivity contribution in [1.82, 2.24) is 4.90 Å². The van der Waals surface area contributed by atoms with Gasteiger partial charge in [-0.25, -0.2) is 0 Å². The molecule has 0 saturated heterocycles. The number of rotatable bonds is 4. The Balaban J connectivity index is 1.95. The standard InChI is InChI=1S/C20H20F3N/c1-16(14-18-10-6-12-19(15-18)20(21,22)23)24(2)13-7-11-17-8-4-3-5-9-17/h3-6,8-10,12,15-16H,13-14H2,1-2H3. The molecule has 0 spiro atoms. The predicted molar refractivity (Wildman–Crippen MR) is 90.6 cm³/mol. The van der Waals surface area contributed by atoms with Gasteiger partial charge < -0.3 is 0 Å². The van der Waals surface area contributed by atoms with Gasteiger partial charge in [0.1, 0.15) is 0 Å². The van der Waals surface area contributed by atoms with Gasteiger partial charge in [0, 0.05) is 11.6 Å². The smallest absolute Gasteiger partial charge is 0.292 e. The second kappa shape index (κ2) is 8.03. The summed E-state index contributed by atoms with van der Waals surface area (Å²) in [5.41, 5.74) is 1.04. The fourth-order valence-electron chi connectivity index (χ4n) is 2.32. The lowest BCUT2D eigenvalue weighted by atomic mass is 10.0. The topological polar surface area (TPSA) is 3.24 Å². The van der Waals surface area contributed by atoms with E-state index >= 15 is 0 Å². The summed E-state index contributed by atoms with van der Waals surface area (Å²) in [6.07, 6.45) is -3.75. The van der Waals surface area contributed by atoms with Crippen molar-refractivity contribution in [2.45, 2.75) is 25.6 Å². The maximum Gasteiger partial charge on any atom is 0.416 e. The summed E-state index contributed by atoms with van der Waals surface area (Å²) >= 11 is 0. The Hall–Kier alpha value is -2.25. The Morgan fingerprint density at radius 3 is 2.42 bits per heavy atom. The van der Waals surface area contributed by atoms with E-state index in [2.05, 4.69) is 11.8 Å². The summed E-state index contributed by atoms with van der Waals surface area (Å²) in [6, 6.07) is 15.3. The highest BCUT2D eigenvalue weighted by atomic mass is 19.4. The van der Waals surface area contributed by atoms with Crippen molar-refractivity contribution >= 4 is 0 Å². The monoisotopic (exact) mass is 331 g/mol. The molecule has 0 aromatic heterocycles. The third-order valence-electron chi connectivity index (χ3n) is 3.87. The van der Waals surface area contributed by atoms with Gasteiger partial charge in [-0.1, -0.05) is 48.2 Å². The Morgan fingerprint density at radius 2 is 1.75 bits per heavy atom. The summed E-state index contributed by atoms with van der Waals surface area (Å²) in [6.45, 7) is 2.56. The number of benzene rings is 2. The molecular formula is C20H20F3N. The highest BCUT2D eigenvalue weighted by molar-refractivity contribution is 5.33. The molecule has 2 aromatic carbocycles. The van der Waals surface area contributed by atoms with Crippen LogP contribution in [0, 0.1) is 11.8 Å². The van der Waals surface area contributed by atoms with Gasteiger partial charge in [-0.05, 0) is 44.2 Å². The molecular weight excluding hydrogens is 311 g/mol. The van der Waals surface area contributed by atoms with E-state index in [4.69, 9.17) is 0 Å². The molecule has 4 heteroatoms. The molecule has 0 aliphatic rings. The number of likely N-dealkylation sites (N-methyl/N-ethyl adjacent to an activating group) is 1. The van der Waals surface area contributed by atoms with Crippen molar-refractivity contribution in [3.63, 3.8) is 0 Å². The maximum absolute atomic E-state index is 12.8. The molecule has 0 aliphatic heterocycles. The SMILES string of the molecule is CC(Cc1cccc(C(F)(F)F)c1)N(C)CC#Cc1ccccc1. The third kappa shape index (κ3) is 5.43. The lowest BCUT2D eigenvalue weighted by Gasteiger charge is -2.22. The average Bonchev–Trinajstić information content (AvgIpc) is 2.55. The minimum Gasteiger partial charge on any atom is -0.292 e. The Labute approximate surface area is 141 Å². The molecule has 1 unspecified atom stereocenters. The highest BCUT2D eigenvalue weighted by Crippen LogP contribution is 2.29. The highest BCUT2D eigenvalue weighted by Gasteiger charge is 2.30. The van der Waals surface area contributed by atoms with E-state index in [1.165, 1.54) is 12.1 Å². The largest absolute Gasteiger partial charge is 0.416 e. The molecule has 2 rings (SSSR count). The number of nitrogens with zero attached hydrogens (tertiary/aromatic N) is 1. The molecule has 0 amide bonds. The van der Waals surface area contributed by atoms with Crippen LogP contribution in [-0.2, 0) is 12.6 Å². The third-order valence-corrected chi connectivity index (χ3v) is 3.87. The molecule has 2 aromatic rings. The summed E-state index contributed by atoms with van der Waals surface area (Å²) in [7, 11) is 1.93. The first kappa shape index (κ1) is 18.1. The van der Waals surface area contributed by atoms with Crippen LogP contribution in [0.5, 0.6) is 0 Å². The van der Waals surface area contributed by atoms with Gasteiger partial charge in [-0.2, -0.15) is 13.2 Å².